The minimum absolute atomic E-state index is 0.111. The Kier molecular flexibility index (Phi) is 3.91. The van der Waals surface area contributed by atoms with Crippen LogP contribution in [-0.4, -0.2) is 31.2 Å². The lowest BCUT2D eigenvalue weighted by atomic mass is 10.5. The van der Waals surface area contributed by atoms with E-state index in [1.165, 1.54) is 4.68 Å². The molecule has 2 aromatic heterocycles. The molecule has 0 aliphatic heterocycles. The van der Waals surface area contributed by atoms with Crippen LogP contribution in [0.25, 0.3) is 0 Å². The first-order chi connectivity index (χ1) is 9.09. The average Bonchev–Trinajstić information content (AvgIpc) is 3.08. The summed E-state index contributed by atoms with van der Waals surface area (Å²) in [6.45, 7) is 1.78. The zero-order valence-corrected chi connectivity index (χ0v) is 11.7. The van der Waals surface area contributed by atoms with E-state index in [1.807, 2.05) is 0 Å². The van der Waals surface area contributed by atoms with Gasteiger partial charge in [-0.2, -0.15) is 10.2 Å². The van der Waals surface area contributed by atoms with Crippen LogP contribution in [0.15, 0.2) is 52.2 Å². The van der Waals surface area contributed by atoms with E-state index in [2.05, 4.69) is 31.1 Å². The van der Waals surface area contributed by atoms with Crippen molar-refractivity contribution in [2.45, 2.75) is 6.92 Å². The van der Waals surface area contributed by atoms with Crippen LogP contribution in [0.5, 0.6) is 0 Å². The van der Waals surface area contributed by atoms with Gasteiger partial charge in [0.2, 0.25) is 0 Å². The molecule has 0 unspecified atom stereocenters. The summed E-state index contributed by atoms with van der Waals surface area (Å²) in [5, 5.41) is 15.9. The zero-order valence-electron chi connectivity index (χ0n) is 10.2. The molecule has 2 rings (SSSR count). The van der Waals surface area contributed by atoms with Crippen LogP contribution in [0.1, 0.15) is 6.92 Å². The summed E-state index contributed by atoms with van der Waals surface area (Å²) in [6, 6.07) is 3.52. The van der Waals surface area contributed by atoms with Crippen LogP contribution < -0.4 is 5.73 Å². The number of hydrogen-bond donors (Lipinski definition) is 2. The third-order valence-corrected chi connectivity index (χ3v) is 3.07. The van der Waals surface area contributed by atoms with Crippen LogP contribution >= 0.6 is 15.9 Å². The van der Waals surface area contributed by atoms with Crippen LogP contribution in [0.3, 0.4) is 0 Å². The molecule has 0 fully saturated rings. The highest BCUT2D eigenvalue weighted by Crippen LogP contribution is 2.12. The second-order valence-electron chi connectivity index (χ2n) is 3.61. The van der Waals surface area contributed by atoms with Crippen LogP contribution in [0, 0.1) is 5.41 Å². The van der Waals surface area contributed by atoms with E-state index in [-0.39, 0.29) is 11.7 Å². The van der Waals surface area contributed by atoms with Crippen molar-refractivity contribution in [1.82, 2.24) is 19.6 Å². The molecule has 0 spiro atoms. The second-order valence-corrected chi connectivity index (χ2v) is 4.40. The molecule has 2 heterocycles. The maximum absolute atomic E-state index is 7.93. The molecule has 3 N–H and O–H groups in total. The first kappa shape index (κ1) is 13.2. The lowest BCUT2D eigenvalue weighted by Crippen LogP contribution is -2.16. The van der Waals surface area contributed by atoms with Gasteiger partial charge in [0.15, 0.2) is 5.84 Å². The van der Waals surface area contributed by atoms with E-state index in [1.54, 1.807) is 48.5 Å². The zero-order chi connectivity index (χ0) is 13.8. The monoisotopic (exact) mass is 321 g/mol. The maximum Gasteiger partial charge on any atom is 0.164 e. The fourth-order valence-electron chi connectivity index (χ4n) is 1.36. The SMILES string of the molecule is C/C(=N\C(N)=C(\Br)C(=N)n1cccn1)n1cccn1. The van der Waals surface area contributed by atoms with E-state index >= 15 is 0 Å². The highest BCUT2D eigenvalue weighted by molar-refractivity contribution is 9.12. The van der Waals surface area contributed by atoms with Gasteiger partial charge in [0.1, 0.15) is 16.1 Å². The minimum Gasteiger partial charge on any atom is -0.383 e. The van der Waals surface area contributed by atoms with Gasteiger partial charge in [-0.3, -0.25) is 5.41 Å². The molecule has 0 amide bonds. The van der Waals surface area contributed by atoms with Gasteiger partial charge in [0.25, 0.3) is 0 Å². The molecule has 0 saturated carbocycles. The number of nitrogens with zero attached hydrogens (tertiary/aromatic N) is 5. The standard InChI is InChI=1S/C11H12BrN7/c1-8(18-6-2-4-15-18)17-10(13)9(12)11(14)19-7-3-5-16-19/h2-7,14H,13H2,1H3/b10-9+,14-11?,17-8+. The maximum atomic E-state index is 7.93. The normalized spacial score (nSPS) is 13.3. The third-order valence-electron chi connectivity index (χ3n) is 2.28. The van der Waals surface area contributed by atoms with Gasteiger partial charge in [-0.15, -0.1) is 0 Å². The highest BCUT2D eigenvalue weighted by atomic mass is 79.9. The summed E-state index contributed by atoms with van der Waals surface area (Å²) in [7, 11) is 0. The van der Waals surface area contributed by atoms with Crippen LogP contribution in [-0.2, 0) is 0 Å². The minimum atomic E-state index is 0.111. The fraction of sp³-hybridized carbons (Fsp3) is 0.0909. The number of rotatable bonds is 2. The van der Waals surface area contributed by atoms with E-state index < -0.39 is 0 Å². The predicted molar refractivity (Wildman–Crippen MR) is 76.2 cm³/mol. The molecule has 0 bridgehead atoms. The summed E-state index contributed by atoms with van der Waals surface area (Å²) in [5.41, 5.74) is 5.85. The lowest BCUT2D eigenvalue weighted by molar-refractivity contribution is 0.915. The summed E-state index contributed by atoms with van der Waals surface area (Å²) in [5.74, 6) is 0.903. The Balaban J connectivity index is 2.27. The van der Waals surface area contributed by atoms with Crippen LogP contribution in [0.2, 0.25) is 0 Å². The summed E-state index contributed by atoms with van der Waals surface area (Å²) < 4.78 is 3.34. The van der Waals surface area contributed by atoms with Crippen molar-refractivity contribution in [3.05, 3.63) is 47.2 Å². The van der Waals surface area contributed by atoms with E-state index in [4.69, 9.17) is 11.1 Å². The van der Waals surface area contributed by atoms with Gasteiger partial charge in [-0.25, -0.2) is 14.4 Å². The molecule has 7 nitrogen and oxygen atoms in total. The molecular formula is C11H12BrN7. The Hall–Kier alpha value is -2.22. The average molecular weight is 322 g/mol. The Bertz CT molecular complexity index is 622. The Morgan fingerprint density at radius 1 is 1.21 bits per heavy atom. The van der Waals surface area contributed by atoms with Gasteiger partial charge in [0.05, 0.1) is 0 Å². The number of allylic oxidation sites excluding steroid dienone is 1. The number of halogens is 1. The van der Waals surface area contributed by atoms with E-state index in [0.717, 1.165) is 0 Å². The molecule has 8 heteroatoms. The Morgan fingerprint density at radius 3 is 2.32 bits per heavy atom. The van der Waals surface area contributed by atoms with Crippen molar-refractivity contribution in [2.24, 2.45) is 10.7 Å². The molecule has 98 valence electrons. The number of aliphatic imine (C=N–C) groups is 1. The quantitative estimate of drug-likeness (QED) is 0.646. The van der Waals surface area contributed by atoms with Crippen molar-refractivity contribution < 1.29 is 0 Å². The largest absolute Gasteiger partial charge is 0.383 e. The van der Waals surface area contributed by atoms with Gasteiger partial charge in [-0.1, -0.05) is 0 Å². The summed E-state index contributed by atoms with van der Waals surface area (Å²) in [4.78, 5) is 4.20. The van der Waals surface area contributed by atoms with Crippen molar-refractivity contribution in [3.63, 3.8) is 0 Å². The molecule has 2 aromatic rings. The molecular weight excluding hydrogens is 310 g/mol. The molecule has 0 saturated heterocycles. The van der Waals surface area contributed by atoms with E-state index in [9.17, 15) is 0 Å². The topological polar surface area (TPSA) is 97.9 Å². The first-order valence-electron chi connectivity index (χ1n) is 5.39. The van der Waals surface area contributed by atoms with Crippen molar-refractivity contribution in [1.29, 1.82) is 5.41 Å². The molecule has 19 heavy (non-hydrogen) atoms. The van der Waals surface area contributed by atoms with Crippen LogP contribution in [0.4, 0.5) is 0 Å². The summed E-state index contributed by atoms with van der Waals surface area (Å²) in [6.07, 6.45) is 6.66. The molecule has 0 aliphatic rings. The number of hydrogen-bond acceptors (Lipinski definition) is 5. The number of nitrogens with two attached hydrogens (primary N) is 1. The highest BCUT2D eigenvalue weighted by Gasteiger charge is 2.09. The summed E-state index contributed by atoms with van der Waals surface area (Å²) >= 11 is 3.25. The molecule has 0 aromatic carbocycles. The van der Waals surface area contributed by atoms with Crippen molar-refractivity contribution in [3.8, 4) is 0 Å². The van der Waals surface area contributed by atoms with E-state index in [0.29, 0.717) is 10.3 Å². The number of aromatic nitrogens is 4. The second kappa shape index (κ2) is 5.61. The third kappa shape index (κ3) is 2.97. The smallest absolute Gasteiger partial charge is 0.164 e. The molecule has 0 atom stereocenters. The number of nitrogens with one attached hydrogen (secondary N) is 1. The van der Waals surface area contributed by atoms with Crippen molar-refractivity contribution >= 4 is 27.6 Å². The lowest BCUT2D eigenvalue weighted by Gasteiger charge is -2.05. The van der Waals surface area contributed by atoms with Gasteiger partial charge >= 0.3 is 0 Å². The Labute approximate surface area is 118 Å². The Morgan fingerprint density at radius 2 is 1.79 bits per heavy atom. The first-order valence-corrected chi connectivity index (χ1v) is 6.18. The molecule has 0 aliphatic carbocycles. The van der Waals surface area contributed by atoms with Gasteiger partial charge < -0.3 is 5.73 Å². The van der Waals surface area contributed by atoms with Crippen molar-refractivity contribution in [2.75, 3.05) is 0 Å². The van der Waals surface area contributed by atoms with Gasteiger partial charge in [0, 0.05) is 24.8 Å². The fourth-order valence-corrected chi connectivity index (χ4v) is 1.63. The van der Waals surface area contributed by atoms with Gasteiger partial charge in [-0.05, 0) is 35.0 Å². The molecule has 0 radical (unpaired) electrons. The predicted octanol–water partition coefficient (Wildman–Crippen LogP) is 1.39.